The Balaban J connectivity index is 1.62. The van der Waals surface area contributed by atoms with Gasteiger partial charge in [0.2, 0.25) is 0 Å². The van der Waals surface area contributed by atoms with E-state index in [9.17, 15) is 0 Å². The van der Waals surface area contributed by atoms with Crippen molar-refractivity contribution in [2.75, 3.05) is 0 Å². The molecule has 0 radical (unpaired) electrons. The van der Waals surface area contributed by atoms with E-state index in [0.29, 0.717) is 21.7 Å². The average molecular weight is 413 g/mol. The molecule has 2 saturated carbocycles. The summed E-state index contributed by atoms with van der Waals surface area (Å²) in [5.41, 5.74) is 6.00. The van der Waals surface area contributed by atoms with Gasteiger partial charge in [-0.3, -0.25) is 0 Å². The van der Waals surface area contributed by atoms with E-state index < -0.39 is 0 Å². The lowest BCUT2D eigenvalue weighted by Gasteiger charge is -2.61. The Morgan fingerprint density at radius 1 is 0.800 bits per heavy atom. The van der Waals surface area contributed by atoms with Crippen LogP contribution in [0.25, 0.3) is 0 Å². The Hall–Kier alpha value is -0.260. The number of rotatable bonds is 5. The lowest BCUT2D eigenvalue weighted by molar-refractivity contribution is -0.0201. The molecular weight excluding hydrogens is 360 g/mol. The van der Waals surface area contributed by atoms with E-state index in [2.05, 4.69) is 55.4 Å². The summed E-state index contributed by atoms with van der Waals surface area (Å²) in [6, 6.07) is 0. The molecule has 4 aliphatic rings. The molecule has 0 aromatic carbocycles. The van der Waals surface area contributed by atoms with Gasteiger partial charge in [0.25, 0.3) is 0 Å². The molecule has 0 nitrogen and oxygen atoms in total. The summed E-state index contributed by atoms with van der Waals surface area (Å²) in [5, 5.41) is 0. The molecule has 0 spiro atoms. The first-order valence-electron chi connectivity index (χ1n) is 13.7. The molecule has 0 aromatic heterocycles. The summed E-state index contributed by atoms with van der Waals surface area (Å²) < 4.78 is 0. The number of fused-ring (bicyclic) bond motifs is 4. The summed E-state index contributed by atoms with van der Waals surface area (Å²) in [7, 11) is 0. The van der Waals surface area contributed by atoms with Gasteiger partial charge in [0.1, 0.15) is 0 Å². The second kappa shape index (κ2) is 7.66. The first-order chi connectivity index (χ1) is 14.0. The molecule has 0 saturated heterocycles. The average Bonchev–Trinajstić information content (AvgIpc) is 2.92. The van der Waals surface area contributed by atoms with Crippen LogP contribution in [-0.4, -0.2) is 0 Å². The Bertz CT molecular complexity index is 680. The van der Waals surface area contributed by atoms with Gasteiger partial charge in [-0.1, -0.05) is 92.2 Å². The Morgan fingerprint density at radius 2 is 1.53 bits per heavy atom. The smallest absolute Gasteiger partial charge is 0.00568 e. The van der Waals surface area contributed by atoms with Crippen molar-refractivity contribution in [1.82, 2.24) is 0 Å². The van der Waals surface area contributed by atoms with Crippen molar-refractivity contribution >= 4 is 0 Å². The molecule has 0 bridgehead atoms. The van der Waals surface area contributed by atoms with Gasteiger partial charge in [0.05, 0.1) is 0 Å². The van der Waals surface area contributed by atoms with E-state index in [1.54, 1.807) is 0 Å². The second-order valence-corrected chi connectivity index (χ2v) is 14.0. The molecule has 30 heavy (non-hydrogen) atoms. The van der Waals surface area contributed by atoms with Crippen LogP contribution in [0, 0.1) is 45.3 Å². The highest BCUT2D eigenvalue weighted by Crippen LogP contribution is 2.72. The van der Waals surface area contributed by atoms with Crippen molar-refractivity contribution in [3.63, 3.8) is 0 Å². The fraction of sp³-hybridized carbons (Fsp3) is 0.933. The highest BCUT2D eigenvalue weighted by Gasteiger charge is 2.62. The minimum absolute atomic E-state index is 0.479. The van der Waals surface area contributed by atoms with E-state index in [4.69, 9.17) is 0 Å². The normalized spacial score (nSPS) is 43.9. The first kappa shape index (κ1) is 22.9. The van der Waals surface area contributed by atoms with Gasteiger partial charge in [-0.25, -0.2) is 0 Å². The predicted octanol–water partition coefficient (Wildman–Crippen LogP) is 9.59. The predicted molar refractivity (Wildman–Crippen MR) is 132 cm³/mol. The summed E-state index contributed by atoms with van der Waals surface area (Å²) in [5.74, 6) is 3.62. The molecule has 0 heterocycles. The molecule has 2 fully saturated rings. The van der Waals surface area contributed by atoms with Crippen LogP contribution in [0.5, 0.6) is 0 Å². The van der Waals surface area contributed by atoms with Gasteiger partial charge in [0.15, 0.2) is 0 Å². The minimum atomic E-state index is 0.479. The van der Waals surface area contributed by atoms with Crippen molar-refractivity contribution in [3.8, 4) is 0 Å². The van der Waals surface area contributed by atoms with Crippen LogP contribution in [0.1, 0.15) is 132 Å². The largest absolute Gasteiger partial charge is 0.0642 e. The highest BCUT2D eigenvalue weighted by atomic mass is 14.7. The molecule has 0 N–H and O–H groups in total. The molecule has 0 amide bonds. The molecule has 172 valence electrons. The number of allylic oxidation sites excluding steroid dienone is 2. The Labute approximate surface area is 189 Å². The van der Waals surface area contributed by atoms with Crippen LogP contribution >= 0.6 is 0 Å². The molecule has 1 unspecified atom stereocenters. The zero-order valence-electron chi connectivity index (χ0n) is 21.8. The van der Waals surface area contributed by atoms with Gasteiger partial charge in [-0.05, 0) is 96.7 Å². The molecule has 4 aliphatic carbocycles. The lowest BCUT2D eigenvalue weighted by Crippen LogP contribution is -2.51. The maximum absolute atomic E-state index is 2.73. The van der Waals surface area contributed by atoms with Crippen LogP contribution in [0.4, 0.5) is 0 Å². The van der Waals surface area contributed by atoms with Gasteiger partial charge in [-0.2, -0.15) is 0 Å². The van der Waals surface area contributed by atoms with Gasteiger partial charge < -0.3 is 0 Å². The zero-order valence-corrected chi connectivity index (χ0v) is 21.8. The van der Waals surface area contributed by atoms with Crippen LogP contribution in [-0.2, 0) is 0 Å². The molecule has 0 aliphatic heterocycles. The molecule has 0 aromatic rings. The maximum atomic E-state index is 2.73. The van der Waals surface area contributed by atoms with E-state index >= 15 is 0 Å². The summed E-state index contributed by atoms with van der Waals surface area (Å²) >= 11 is 0. The van der Waals surface area contributed by atoms with E-state index in [1.165, 1.54) is 77.0 Å². The summed E-state index contributed by atoms with van der Waals surface area (Å²) in [6.07, 6.45) is 17.4. The third-order valence-electron chi connectivity index (χ3n) is 11.7. The van der Waals surface area contributed by atoms with Crippen molar-refractivity contribution in [1.29, 1.82) is 0 Å². The van der Waals surface area contributed by atoms with Gasteiger partial charge >= 0.3 is 0 Å². The highest BCUT2D eigenvalue weighted by molar-refractivity contribution is 5.38. The van der Waals surface area contributed by atoms with Gasteiger partial charge in [0, 0.05) is 0 Å². The standard InChI is InChI=1S/C30H52/c1-21(2)11-9-12-22(3)23-15-19-30(8)25-13-14-26-27(4,5)17-10-18-28(26,6)24(25)16-20-29(23,30)7/h21-23,26H,9-20H2,1-8H3/t22-,23-,26?,28-,29-,30+/m1/s1. The van der Waals surface area contributed by atoms with Crippen LogP contribution in [0.3, 0.4) is 0 Å². The molecule has 4 rings (SSSR count). The van der Waals surface area contributed by atoms with Crippen molar-refractivity contribution in [3.05, 3.63) is 11.1 Å². The van der Waals surface area contributed by atoms with Crippen LogP contribution in [0.2, 0.25) is 0 Å². The first-order valence-corrected chi connectivity index (χ1v) is 13.7. The minimum Gasteiger partial charge on any atom is -0.0642 e. The second-order valence-electron chi connectivity index (χ2n) is 14.0. The summed E-state index contributed by atoms with van der Waals surface area (Å²) in [6.45, 7) is 20.7. The van der Waals surface area contributed by atoms with Crippen molar-refractivity contribution < 1.29 is 0 Å². The quantitative estimate of drug-likeness (QED) is 0.394. The summed E-state index contributed by atoms with van der Waals surface area (Å²) in [4.78, 5) is 0. The van der Waals surface area contributed by atoms with Crippen LogP contribution in [0.15, 0.2) is 11.1 Å². The van der Waals surface area contributed by atoms with Crippen LogP contribution < -0.4 is 0 Å². The fourth-order valence-corrected chi connectivity index (χ4v) is 9.78. The Kier molecular flexibility index (Phi) is 5.85. The topological polar surface area (TPSA) is 0 Å². The van der Waals surface area contributed by atoms with Gasteiger partial charge in [-0.15, -0.1) is 0 Å². The van der Waals surface area contributed by atoms with E-state index in [0.717, 1.165) is 23.7 Å². The fourth-order valence-electron chi connectivity index (χ4n) is 9.78. The van der Waals surface area contributed by atoms with E-state index in [-0.39, 0.29) is 0 Å². The third-order valence-corrected chi connectivity index (χ3v) is 11.7. The maximum Gasteiger partial charge on any atom is -0.00568 e. The Morgan fingerprint density at radius 3 is 2.23 bits per heavy atom. The molecule has 6 atom stereocenters. The number of hydrogen-bond donors (Lipinski definition) is 0. The van der Waals surface area contributed by atoms with Crippen molar-refractivity contribution in [2.45, 2.75) is 132 Å². The zero-order chi connectivity index (χ0) is 21.9. The SMILES string of the molecule is CC(C)CCC[C@@H](C)[C@H]1CC[C@@]2(C)C3=C(CC[C@]12C)[C@@]1(C)CCCC(C)(C)C1CC3. The van der Waals surface area contributed by atoms with E-state index in [1.807, 2.05) is 11.1 Å². The number of hydrogen-bond acceptors (Lipinski definition) is 0. The monoisotopic (exact) mass is 412 g/mol. The lowest BCUT2D eigenvalue weighted by atomic mass is 9.43. The third kappa shape index (κ3) is 3.28. The molecular formula is C30H52. The van der Waals surface area contributed by atoms with Crippen molar-refractivity contribution in [2.24, 2.45) is 45.3 Å². The molecule has 0 heteroatoms.